The molecule has 2 fully saturated rings. The Labute approximate surface area is 127 Å². The van der Waals surface area contributed by atoms with Crippen molar-refractivity contribution in [2.45, 2.75) is 69.6 Å². The monoisotopic (exact) mass is 289 g/mol. The lowest BCUT2D eigenvalue weighted by atomic mass is 9.77. The highest BCUT2D eigenvalue weighted by Gasteiger charge is 2.35. The second kappa shape index (κ2) is 6.37. The van der Waals surface area contributed by atoms with Crippen molar-refractivity contribution in [3.05, 3.63) is 29.8 Å². The van der Waals surface area contributed by atoms with Crippen LogP contribution in [0.3, 0.4) is 0 Å². The van der Waals surface area contributed by atoms with Crippen LogP contribution in [0.1, 0.15) is 57.4 Å². The van der Waals surface area contributed by atoms with Crippen LogP contribution in [0.2, 0.25) is 0 Å². The van der Waals surface area contributed by atoms with Crippen molar-refractivity contribution >= 4 is 0 Å². The van der Waals surface area contributed by atoms with E-state index in [2.05, 4.69) is 12.2 Å². The number of ether oxygens (including phenoxy) is 1. The summed E-state index contributed by atoms with van der Waals surface area (Å²) in [5.41, 5.74) is 0.349. The molecule has 0 spiro atoms. The van der Waals surface area contributed by atoms with Gasteiger partial charge >= 0.3 is 0 Å². The van der Waals surface area contributed by atoms with Crippen LogP contribution in [-0.2, 0) is 5.60 Å². The van der Waals surface area contributed by atoms with Crippen LogP contribution in [0.15, 0.2) is 24.3 Å². The van der Waals surface area contributed by atoms with E-state index in [0.717, 1.165) is 43.5 Å². The van der Waals surface area contributed by atoms with Gasteiger partial charge in [-0.25, -0.2) is 0 Å². The number of hydrogen-bond donors (Lipinski definition) is 2. The smallest absolute Gasteiger partial charge is 0.120 e. The molecular formula is C18H27NO2. The van der Waals surface area contributed by atoms with Gasteiger partial charge in [0, 0.05) is 6.04 Å². The first-order valence-corrected chi connectivity index (χ1v) is 8.42. The molecule has 3 rings (SSSR count). The highest BCUT2D eigenvalue weighted by Crippen LogP contribution is 2.38. The van der Waals surface area contributed by atoms with Crippen LogP contribution in [0.5, 0.6) is 5.75 Å². The number of aliphatic hydroxyl groups is 1. The summed E-state index contributed by atoms with van der Waals surface area (Å²) in [6.07, 6.45) is 7.67. The number of benzene rings is 1. The van der Waals surface area contributed by atoms with Crippen LogP contribution in [-0.4, -0.2) is 23.8 Å². The van der Waals surface area contributed by atoms with Crippen molar-refractivity contribution in [3.63, 3.8) is 0 Å². The largest absolute Gasteiger partial charge is 0.490 e. The van der Waals surface area contributed by atoms with E-state index in [-0.39, 0.29) is 0 Å². The molecule has 2 N–H and O–H groups in total. The third-order valence-electron chi connectivity index (χ3n) is 4.69. The fourth-order valence-electron chi connectivity index (χ4n) is 3.17. The summed E-state index contributed by atoms with van der Waals surface area (Å²) in [5, 5.41) is 14.5. The topological polar surface area (TPSA) is 41.5 Å². The van der Waals surface area contributed by atoms with Gasteiger partial charge in [0.05, 0.1) is 11.7 Å². The van der Waals surface area contributed by atoms with Crippen molar-refractivity contribution in [1.29, 1.82) is 0 Å². The molecule has 116 valence electrons. The Bertz CT molecular complexity index is 462. The van der Waals surface area contributed by atoms with Gasteiger partial charge in [-0.3, -0.25) is 0 Å². The SMILES string of the molecule is CCCNC1CCC(O)(c2cccc(OC3CC3)c2)CC1. The van der Waals surface area contributed by atoms with Gasteiger partial charge in [0.1, 0.15) is 5.75 Å². The van der Waals surface area contributed by atoms with Crippen LogP contribution in [0, 0.1) is 0 Å². The molecule has 2 aliphatic rings. The molecule has 0 heterocycles. The van der Waals surface area contributed by atoms with Crippen molar-refractivity contribution in [3.8, 4) is 5.75 Å². The maximum Gasteiger partial charge on any atom is 0.120 e. The second-order valence-corrected chi connectivity index (χ2v) is 6.61. The molecule has 1 aromatic carbocycles. The fourth-order valence-corrected chi connectivity index (χ4v) is 3.17. The highest BCUT2D eigenvalue weighted by atomic mass is 16.5. The summed E-state index contributed by atoms with van der Waals surface area (Å²) in [6, 6.07) is 8.65. The van der Waals surface area contributed by atoms with Gasteiger partial charge < -0.3 is 15.2 Å². The minimum absolute atomic E-state index is 0.406. The molecule has 2 aliphatic carbocycles. The van der Waals surface area contributed by atoms with Gasteiger partial charge in [-0.05, 0) is 69.2 Å². The number of hydrogen-bond acceptors (Lipinski definition) is 3. The molecule has 0 unspecified atom stereocenters. The average molecular weight is 289 g/mol. The first-order valence-electron chi connectivity index (χ1n) is 8.42. The lowest BCUT2D eigenvalue weighted by molar-refractivity contribution is -0.00847. The van der Waals surface area contributed by atoms with Gasteiger partial charge in [-0.15, -0.1) is 0 Å². The third-order valence-corrected chi connectivity index (χ3v) is 4.69. The molecule has 0 aromatic heterocycles. The molecule has 0 radical (unpaired) electrons. The van der Waals surface area contributed by atoms with Crippen LogP contribution >= 0.6 is 0 Å². The standard InChI is InChI=1S/C18H27NO2/c1-2-12-19-15-8-10-18(20,11-9-15)14-4-3-5-17(13-14)21-16-6-7-16/h3-5,13,15-16,19-20H,2,6-12H2,1H3. The molecule has 2 saturated carbocycles. The van der Waals surface area contributed by atoms with Gasteiger partial charge in [-0.1, -0.05) is 19.1 Å². The van der Waals surface area contributed by atoms with Gasteiger partial charge in [-0.2, -0.15) is 0 Å². The van der Waals surface area contributed by atoms with E-state index < -0.39 is 5.60 Å². The second-order valence-electron chi connectivity index (χ2n) is 6.61. The van der Waals surface area contributed by atoms with E-state index in [0.29, 0.717) is 12.1 Å². The normalized spacial score (nSPS) is 29.3. The zero-order valence-corrected chi connectivity index (χ0v) is 13.0. The van der Waals surface area contributed by atoms with E-state index in [1.807, 2.05) is 24.3 Å². The molecular weight excluding hydrogens is 262 g/mol. The molecule has 0 saturated heterocycles. The van der Waals surface area contributed by atoms with E-state index in [4.69, 9.17) is 4.74 Å². The Morgan fingerprint density at radius 3 is 2.67 bits per heavy atom. The molecule has 0 amide bonds. The van der Waals surface area contributed by atoms with Crippen molar-refractivity contribution in [1.82, 2.24) is 5.32 Å². The Balaban J connectivity index is 1.62. The lowest BCUT2D eigenvalue weighted by Crippen LogP contribution is -2.40. The molecule has 1 aromatic rings. The molecule has 0 bridgehead atoms. The van der Waals surface area contributed by atoms with Crippen molar-refractivity contribution in [2.24, 2.45) is 0 Å². The predicted octanol–water partition coefficient (Wildman–Crippen LogP) is 3.36. The van der Waals surface area contributed by atoms with Crippen LogP contribution < -0.4 is 10.1 Å². The van der Waals surface area contributed by atoms with Crippen LogP contribution in [0.25, 0.3) is 0 Å². The summed E-state index contributed by atoms with van der Waals surface area (Å²) in [5.74, 6) is 0.912. The van der Waals surface area contributed by atoms with Gasteiger partial charge in [0.25, 0.3) is 0 Å². The van der Waals surface area contributed by atoms with Gasteiger partial charge in [0.2, 0.25) is 0 Å². The maximum atomic E-state index is 11.0. The van der Waals surface area contributed by atoms with Gasteiger partial charge in [0.15, 0.2) is 0 Å². The minimum Gasteiger partial charge on any atom is -0.490 e. The molecule has 21 heavy (non-hydrogen) atoms. The first kappa shape index (κ1) is 14.9. The highest BCUT2D eigenvalue weighted by molar-refractivity contribution is 5.33. The lowest BCUT2D eigenvalue weighted by Gasteiger charge is -2.37. The van der Waals surface area contributed by atoms with E-state index in [9.17, 15) is 5.11 Å². The van der Waals surface area contributed by atoms with E-state index >= 15 is 0 Å². The molecule has 3 heteroatoms. The minimum atomic E-state index is -0.673. The Hall–Kier alpha value is -1.06. The average Bonchev–Trinajstić information content (AvgIpc) is 3.31. The maximum absolute atomic E-state index is 11.0. The Morgan fingerprint density at radius 2 is 2.00 bits per heavy atom. The third kappa shape index (κ3) is 3.78. The summed E-state index contributed by atoms with van der Waals surface area (Å²) in [6.45, 7) is 3.27. The van der Waals surface area contributed by atoms with E-state index in [1.165, 1.54) is 19.3 Å². The summed E-state index contributed by atoms with van der Waals surface area (Å²) >= 11 is 0. The van der Waals surface area contributed by atoms with Crippen molar-refractivity contribution in [2.75, 3.05) is 6.54 Å². The fraction of sp³-hybridized carbons (Fsp3) is 0.667. The zero-order chi connectivity index (χ0) is 14.7. The predicted molar refractivity (Wildman–Crippen MR) is 84.5 cm³/mol. The summed E-state index contributed by atoms with van der Waals surface area (Å²) in [7, 11) is 0. The Kier molecular flexibility index (Phi) is 4.51. The Morgan fingerprint density at radius 1 is 1.24 bits per heavy atom. The summed E-state index contributed by atoms with van der Waals surface area (Å²) < 4.78 is 5.85. The van der Waals surface area contributed by atoms with Crippen LogP contribution in [0.4, 0.5) is 0 Å². The molecule has 3 nitrogen and oxygen atoms in total. The van der Waals surface area contributed by atoms with E-state index in [1.54, 1.807) is 0 Å². The van der Waals surface area contributed by atoms with Crippen molar-refractivity contribution < 1.29 is 9.84 Å². The summed E-state index contributed by atoms with van der Waals surface area (Å²) in [4.78, 5) is 0. The number of rotatable bonds is 6. The number of nitrogens with one attached hydrogen (secondary N) is 1. The quantitative estimate of drug-likeness (QED) is 0.844. The zero-order valence-electron chi connectivity index (χ0n) is 13.0. The first-order chi connectivity index (χ1) is 10.2. The molecule has 0 aliphatic heterocycles. The molecule has 0 atom stereocenters.